The lowest BCUT2D eigenvalue weighted by Gasteiger charge is -2.18. The molecule has 0 radical (unpaired) electrons. The standard InChI is InChI=1S/C17H23N3O2/c1-5-11-20(12-6-2)13-17(22)18-15-7-9-16(10-8-15)19(4)14(3)21/h5-10H,1-2,11-13H2,3-4H3,(H,18,22). The lowest BCUT2D eigenvalue weighted by atomic mass is 10.2. The molecule has 2 amide bonds. The second-order valence-corrected chi connectivity index (χ2v) is 4.94. The summed E-state index contributed by atoms with van der Waals surface area (Å²) >= 11 is 0. The van der Waals surface area contributed by atoms with E-state index in [0.717, 1.165) is 5.69 Å². The molecule has 0 spiro atoms. The zero-order valence-corrected chi connectivity index (χ0v) is 13.2. The molecule has 0 unspecified atom stereocenters. The van der Waals surface area contributed by atoms with Crippen LogP contribution in [0.4, 0.5) is 11.4 Å². The molecule has 0 aromatic heterocycles. The Balaban J connectivity index is 2.62. The summed E-state index contributed by atoms with van der Waals surface area (Å²) in [5.74, 6) is -0.141. The minimum atomic E-state index is -0.101. The van der Waals surface area contributed by atoms with E-state index in [1.54, 1.807) is 48.4 Å². The molecule has 1 N–H and O–H groups in total. The molecule has 0 aliphatic rings. The highest BCUT2D eigenvalue weighted by atomic mass is 16.2. The van der Waals surface area contributed by atoms with Gasteiger partial charge in [0.2, 0.25) is 11.8 Å². The summed E-state index contributed by atoms with van der Waals surface area (Å²) < 4.78 is 0. The van der Waals surface area contributed by atoms with E-state index in [2.05, 4.69) is 18.5 Å². The summed E-state index contributed by atoms with van der Waals surface area (Å²) in [7, 11) is 1.71. The molecule has 0 saturated heterocycles. The van der Waals surface area contributed by atoms with Crippen molar-refractivity contribution in [2.24, 2.45) is 0 Å². The minimum absolute atomic E-state index is 0.0405. The molecule has 0 fully saturated rings. The van der Waals surface area contributed by atoms with Gasteiger partial charge in [-0.3, -0.25) is 14.5 Å². The monoisotopic (exact) mass is 301 g/mol. The van der Waals surface area contributed by atoms with Gasteiger partial charge >= 0.3 is 0 Å². The highest BCUT2D eigenvalue weighted by Crippen LogP contribution is 2.16. The van der Waals surface area contributed by atoms with E-state index >= 15 is 0 Å². The van der Waals surface area contributed by atoms with Crippen molar-refractivity contribution in [2.75, 3.05) is 36.9 Å². The second-order valence-electron chi connectivity index (χ2n) is 4.94. The first-order valence-electron chi connectivity index (χ1n) is 7.06. The Kier molecular flexibility index (Phi) is 7.05. The summed E-state index contributed by atoms with van der Waals surface area (Å²) in [5.41, 5.74) is 1.48. The van der Waals surface area contributed by atoms with Gasteiger partial charge in [-0.15, -0.1) is 13.2 Å². The van der Waals surface area contributed by atoms with E-state index < -0.39 is 0 Å². The Morgan fingerprint density at radius 2 is 1.68 bits per heavy atom. The topological polar surface area (TPSA) is 52.7 Å². The smallest absolute Gasteiger partial charge is 0.238 e. The number of hydrogen-bond acceptors (Lipinski definition) is 3. The normalized spacial score (nSPS) is 10.1. The average Bonchev–Trinajstić information content (AvgIpc) is 2.47. The van der Waals surface area contributed by atoms with Gasteiger partial charge in [0.1, 0.15) is 0 Å². The van der Waals surface area contributed by atoms with E-state index in [9.17, 15) is 9.59 Å². The van der Waals surface area contributed by atoms with Gasteiger partial charge in [0.25, 0.3) is 0 Å². The fourth-order valence-electron chi connectivity index (χ4n) is 1.92. The molecule has 1 rings (SSSR count). The summed E-state index contributed by atoms with van der Waals surface area (Å²) in [5, 5.41) is 2.83. The minimum Gasteiger partial charge on any atom is -0.325 e. The number of nitrogens with zero attached hydrogens (tertiary/aromatic N) is 2. The van der Waals surface area contributed by atoms with E-state index in [0.29, 0.717) is 18.8 Å². The molecule has 1 aromatic carbocycles. The van der Waals surface area contributed by atoms with Crippen molar-refractivity contribution < 1.29 is 9.59 Å². The van der Waals surface area contributed by atoms with Crippen LogP contribution in [-0.4, -0.2) is 43.4 Å². The predicted molar refractivity (Wildman–Crippen MR) is 91.0 cm³/mol. The van der Waals surface area contributed by atoms with Gasteiger partial charge in [0.15, 0.2) is 0 Å². The Morgan fingerprint density at radius 3 is 2.14 bits per heavy atom. The SMILES string of the molecule is C=CCN(CC=C)CC(=O)Nc1ccc(N(C)C(C)=O)cc1. The van der Waals surface area contributed by atoms with Crippen molar-refractivity contribution in [3.8, 4) is 0 Å². The van der Waals surface area contributed by atoms with Gasteiger partial charge in [-0.1, -0.05) is 12.2 Å². The summed E-state index contributed by atoms with van der Waals surface area (Å²) in [6.45, 7) is 10.4. The van der Waals surface area contributed by atoms with Crippen LogP contribution in [0.25, 0.3) is 0 Å². The van der Waals surface area contributed by atoms with Gasteiger partial charge in [0.05, 0.1) is 6.54 Å². The first kappa shape index (κ1) is 17.7. The lowest BCUT2D eigenvalue weighted by Crippen LogP contribution is -2.33. The van der Waals surface area contributed by atoms with Crippen LogP contribution in [0.3, 0.4) is 0 Å². The Morgan fingerprint density at radius 1 is 1.14 bits per heavy atom. The maximum absolute atomic E-state index is 12.0. The number of amides is 2. The number of benzene rings is 1. The van der Waals surface area contributed by atoms with Gasteiger partial charge in [-0.05, 0) is 24.3 Å². The van der Waals surface area contributed by atoms with Crippen molar-refractivity contribution in [3.05, 3.63) is 49.6 Å². The van der Waals surface area contributed by atoms with Crippen LogP contribution in [0, 0.1) is 0 Å². The fourth-order valence-corrected chi connectivity index (χ4v) is 1.92. The molecule has 0 aliphatic heterocycles. The molecule has 0 atom stereocenters. The van der Waals surface area contributed by atoms with E-state index in [-0.39, 0.29) is 18.4 Å². The Bertz CT molecular complexity index is 527. The van der Waals surface area contributed by atoms with Gasteiger partial charge < -0.3 is 10.2 Å². The van der Waals surface area contributed by atoms with Crippen LogP contribution in [0.15, 0.2) is 49.6 Å². The lowest BCUT2D eigenvalue weighted by molar-refractivity contribution is -0.117. The van der Waals surface area contributed by atoms with Crippen molar-refractivity contribution in [3.63, 3.8) is 0 Å². The maximum atomic E-state index is 12.0. The first-order valence-corrected chi connectivity index (χ1v) is 7.06. The summed E-state index contributed by atoms with van der Waals surface area (Å²) in [6, 6.07) is 7.14. The molecule has 1 aromatic rings. The Labute approximate surface area is 131 Å². The average molecular weight is 301 g/mol. The third-order valence-corrected chi connectivity index (χ3v) is 3.15. The zero-order chi connectivity index (χ0) is 16.5. The van der Waals surface area contributed by atoms with Gasteiger partial charge in [0, 0.05) is 38.4 Å². The third kappa shape index (κ3) is 5.54. The molecule has 5 nitrogen and oxygen atoms in total. The van der Waals surface area contributed by atoms with Crippen molar-refractivity contribution in [2.45, 2.75) is 6.92 Å². The van der Waals surface area contributed by atoms with E-state index in [1.807, 2.05) is 4.90 Å². The second kappa shape index (κ2) is 8.79. The number of nitrogens with one attached hydrogen (secondary N) is 1. The van der Waals surface area contributed by atoms with Crippen LogP contribution in [0.1, 0.15) is 6.92 Å². The van der Waals surface area contributed by atoms with E-state index in [4.69, 9.17) is 0 Å². The highest BCUT2D eigenvalue weighted by Gasteiger charge is 2.09. The van der Waals surface area contributed by atoms with Crippen LogP contribution < -0.4 is 10.2 Å². The summed E-state index contributed by atoms with van der Waals surface area (Å²) in [4.78, 5) is 26.8. The van der Waals surface area contributed by atoms with Gasteiger partial charge in [-0.2, -0.15) is 0 Å². The van der Waals surface area contributed by atoms with Crippen LogP contribution >= 0.6 is 0 Å². The molecule has 0 saturated carbocycles. The third-order valence-electron chi connectivity index (χ3n) is 3.15. The Hall–Kier alpha value is -2.40. The van der Waals surface area contributed by atoms with Crippen molar-refractivity contribution >= 4 is 23.2 Å². The number of anilines is 2. The molecule has 0 aliphatic carbocycles. The molecular weight excluding hydrogens is 278 g/mol. The largest absolute Gasteiger partial charge is 0.325 e. The molecule has 5 heteroatoms. The van der Waals surface area contributed by atoms with Gasteiger partial charge in [-0.25, -0.2) is 0 Å². The highest BCUT2D eigenvalue weighted by molar-refractivity contribution is 5.93. The van der Waals surface area contributed by atoms with Crippen LogP contribution in [0.2, 0.25) is 0 Å². The quantitative estimate of drug-likeness (QED) is 0.750. The number of carbonyl (C=O) groups is 2. The van der Waals surface area contributed by atoms with E-state index in [1.165, 1.54) is 6.92 Å². The molecule has 0 bridgehead atoms. The summed E-state index contributed by atoms with van der Waals surface area (Å²) in [6.07, 6.45) is 3.51. The number of carbonyl (C=O) groups excluding carboxylic acids is 2. The zero-order valence-electron chi connectivity index (χ0n) is 13.2. The predicted octanol–water partition coefficient (Wildman–Crippen LogP) is 2.28. The van der Waals surface area contributed by atoms with Crippen molar-refractivity contribution in [1.82, 2.24) is 4.90 Å². The molecule has 0 heterocycles. The van der Waals surface area contributed by atoms with Crippen LogP contribution in [0.5, 0.6) is 0 Å². The first-order chi connectivity index (χ1) is 10.5. The van der Waals surface area contributed by atoms with Crippen molar-refractivity contribution in [1.29, 1.82) is 0 Å². The molecule has 118 valence electrons. The van der Waals surface area contributed by atoms with Crippen LogP contribution in [-0.2, 0) is 9.59 Å². The number of rotatable bonds is 8. The number of hydrogen-bond donors (Lipinski definition) is 1. The molecular formula is C17H23N3O2. The fraction of sp³-hybridized carbons (Fsp3) is 0.294. The maximum Gasteiger partial charge on any atom is 0.238 e. The molecule has 22 heavy (non-hydrogen) atoms.